The maximum Gasteiger partial charge on any atom is 0.261 e. The Morgan fingerprint density at radius 1 is 1.39 bits per heavy atom. The number of carbonyl (C=O) groups is 1. The summed E-state index contributed by atoms with van der Waals surface area (Å²) in [7, 11) is 0. The van der Waals surface area contributed by atoms with Gasteiger partial charge >= 0.3 is 0 Å². The summed E-state index contributed by atoms with van der Waals surface area (Å²) < 4.78 is 37.8. The number of nitrogens with one attached hydrogen (secondary N) is 2. The highest BCUT2D eigenvalue weighted by molar-refractivity contribution is 7.80. The normalized spacial score (nSPS) is 14.6. The van der Waals surface area contributed by atoms with Gasteiger partial charge in [0, 0.05) is 24.0 Å². The van der Waals surface area contributed by atoms with Crippen LogP contribution in [0.15, 0.2) is 36.5 Å². The Hall–Kier alpha value is -3.29. The van der Waals surface area contributed by atoms with Crippen LogP contribution in [0.3, 0.4) is 0 Å². The van der Waals surface area contributed by atoms with Crippen LogP contribution >= 0.6 is 0 Å². The average molecular weight is 470 g/mol. The van der Waals surface area contributed by atoms with Crippen molar-refractivity contribution in [3.05, 3.63) is 42.3 Å². The Balaban J connectivity index is 1.67. The predicted molar refractivity (Wildman–Crippen MR) is 125 cm³/mol. The molecule has 1 unspecified atom stereocenters. The van der Waals surface area contributed by atoms with E-state index < -0.39 is 22.5 Å². The minimum atomic E-state index is -2.46. The number of amides is 1. The number of H-pyrrole nitrogens is 1. The van der Waals surface area contributed by atoms with Crippen LogP contribution in [0.25, 0.3) is 22.2 Å². The van der Waals surface area contributed by atoms with Crippen LogP contribution in [0.1, 0.15) is 33.1 Å². The van der Waals surface area contributed by atoms with E-state index in [4.69, 9.17) is 0 Å². The van der Waals surface area contributed by atoms with Crippen molar-refractivity contribution in [2.24, 2.45) is 11.3 Å². The number of fused-ring (bicyclic) bond motifs is 1. The molecule has 1 aromatic carbocycles. The number of halogens is 1. The van der Waals surface area contributed by atoms with Crippen LogP contribution in [0.2, 0.25) is 0 Å². The van der Waals surface area contributed by atoms with E-state index >= 15 is 4.39 Å². The number of hydrogen-bond donors (Lipinski definition) is 3. The minimum absolute atomic E-state index is 0.0164. The summed E-state index contributed by atoms with van der Waals surface area (Å²) in [6.45, 7) is 3.47. The van der Waals surface area contributed by atoms with Gasteiger partial charge in [-0.15, -0.1) is 0 Å². The highest BCUT2D eigenvalue weighted by Crippen LogP contribution is 2.35. The maximum atomic E-state index is 15.2. The van der Waals surface area contributed by atoms with E-state index in [0.717, 1.165) is 22.5 Å². The summed E-state index contributed by atoms with van der Waals surface area (Å²) in [5.41, 5.74) is 1.01. The monoisotopic (exact) mass is 469 g/mol. The molecule has 33 heavy (non-hydrogen) atoms. The van der Waals surface area contributed by atoms with E-state index in [1.54, 1.807) is 32.2 Å². The van der Waals surface area contributed by atoms with Crippen LogP contribution in [-0.2, 0) is 16.1 Å². The third-order valence-corrected chi connectivity index (χ3v) is 6.44. The van der Waals surface area contributed by atoms with Crippen LogP contribution in [0.5, 0.6) is 0 Å². The van der Waals surface area contributed by atoms with Crippen molar-refractivity contribution in [3.63, 3.8) is 0 Å². The Morgan fingerprint density at radius 3 is 2.79 bits per heavy atom. The number of nitriles is 1. The zero-order chi connectivity index (χ0) is 23.8. The van der Waals surface area contributed by atoms with Crippen molar-refractivity contribution in [3.8, 4) is 17.2 Å². The fourth-order valence-electron chi connectivity index (χ4n) is 3.51. The van der Waals surface area contributed by atoms with Gasteiger partial charge < -0.3 is 10.3 Å². The van der Waals surface area contributed by atoms with Gasteiger partial charge in [-0.1, -0.05) is 6.07 Å². The highest BCUT2D eigenvalue weighted by atomic mass is 32.2. The fourth-order valence-corrected chi connectivity index (χ4v) is 4.07. The quantitative estimate of drug-likeness (QED) is 0.416. The smallest absolute Gasteiger partial charge is 0.261 e. The first-order valence-corrected chi connectivity index (χ1v) is 11.6. The molecule has 1 aliphatic rings. The topological polar surface area (TPSA) is 122 Å². The lowest BCUT2D eigenvalue weighted by Gasteiger charge is -2.24. The van der Waals surface area contributed by atoms with Gasteiger partial charge in [0.05, 0.1) is 17.2 Å². The molecule has 3 aromatic rings. The van der Waals surface area contributed by atoms with Gasteiger partial charge in [0.1, 0.15) is 17.3 Å². The summed E-state index contributed by atoms with van der Waals surface area (Å²) in [5.74, 6) is -0.364. The fraction of sp³-hybridized carbons (Fsp3) is 0.348. The highest BCUT2D eigenvalue weighted by Gasteiger charge is 2.30. The Morgan fingerprint density at radius 2 is 2.15 bits per heavy atom. The van der Waals surface area contributed by atoms with Gasteiger partial charge in [-0.25, -0.2) is 13.6 Å². The molecule has 1 amide bonds. The molecule has 1 aliphatic carbocycles. The van der Waals surface area contributed by atoms with Crippen LogP contribution in [0.4, 0.5) is 15.9 Å². The Kier molecular flexibility index (Phi) is 6.19. The second kappa shape index (κ2) is 8.92. The molecule has 0 radical (unpaired) electrons. The molecule has 1 saturated carbocycles. The average Bonchev–Trinajstić information content (AvgIpc) is 3.52. The molecule has 3 N–H and O–H groups in total. The predicted octanol–water partition coefficient (Wildman–Crippen LogP) is 4.60. The molecule has 2 aromatic heterocycles. The van der Waals surface area contributed by atoms with Crippen LogP contribution in [0, 0.1) is 28.5 Å². The van der Waals surface area contributed by atoms with Gasteiger partial charge in [0.15, 0.2) is 0 Å². The van der Waals surface area contributed by atoms with E-state index in [9.17, 15) is 18.8 Å². The van der Waals surface area contributed by atoms with Gasteiger partial charge in [-0.3, -0.25) is 13.7 Å². The Bertz CT molecular complexity index is 1280. The molecule has 1 atom stereocenters. The van der Waals surface area contributed by atoms with Crippen molar-refractivity contribution < 1.29 is 17.9 Å². The second-order valence-corrected chi connectivity index (χ2v) is 9.71. The number of nitrogens with zero attached hydrogens (tertiary/aromatic N) is 3. The molecular weight excluding hydrogens is 445 g/mol. The number of pyridine rings is 1. The molecule has 0 saturated heterocycles. The molecule has 8 nitrogen and oxygen atoms in total. The lowest BCUT2D eigenvalue weighted by molar-refractivity contribution is -0.117. The van der Waals surface area contributed by atoms with Gasteiger partial charge in [0.25, 0.3) is 11.3 Å². The summed E-state index contributed by atoms with van der Waals surface area (Å²) in [5, 5.41) is 12.8. The number of aromatic amines is 1. The number of carbonyl (C=O) groups excluding carboxylic acids is 1. The molecule has 0 spiro atoms. The third-order valence-electron chi connectivity index (χ3n) is 5.69. The number of anilines is 2. The van der Waals surface area contributed by atoms with Gasteiger partial charge in [0.2, 0.25) is 5.91 Å². The first kappa shape index (κ1) is 22.9. The van der Waals surface area contributed by atoms with E-state index in [-0.39, 0.29) is 30.5 Å². The van der Waals surface area contributed by atoms with E-state index in [1.165, 1.54) is 12.1 Å². The molecule has 1 fully saturated rings. The van der Waals surface area contributed by atoms with E-state index in [0.29, 0.717) is 22.6 Å². The standard InChI is InChI=1S/C23H24FN5O3S/c1-23(2,13-25)8-10-29(33(31)32)19-6-5-15(11-18(19)24)17-12-20(28-22(30)14-3-4-14)27-21-16(17)7-9-26-21/h5-7,9,11-12,14H,3-4,8,10H2,1-2H3,(H,31,32)(H2,26,27,28,30). The van der Waals surface area contributed by atoms with E-state index in [1.807, 2.05) is 6.07 Å². The lowest BCUT2D eigenvalue weighted by atomic mass is 9.91. The van der Waals surface area contributed by atoms with Crippen LogP contribution in [-0.4, -0.2) is 31.2 Å². The number of hydrogen-bond acceptors (Lipinski definition) is 4. The van der Waals surface area contributed by atoms with Gasteiger partial charge in [-0.05, 0) is 68.5 Å². The summed E-state index contributed by atoms with van der Waals surface area (Å²) >= 11 is -2.46. The number of benzene rings is 1. The first-order chi connectivity index (χ1) is 15.7. The van der Waals surface area contributed by atoms with E-state index in [2.05, 4.69) is 21.4 Å². The van der Waals surface area contributed by atoms with Crippen molar-refractivity contribution >= 4 is 39.7 Å². The van der Waals surface area contributed by atoms with Crippen molar-refractivity contribution in [1.29, 1.82) is 5.26 Å². The largest absolute Gasteiger partial charge is 0.346 e. The van der Waals surface area contributed by atoms with Crippen molar-refractivity contribution in [2.75, 3.05) is 16.2 Å². The Labute approximate surface area is 193 Å². The zero-order valence-electron chi connectivity index (χ0n) is 18.3. The first-order valence-electron chi connectivity index (χ1n) is 10.6. The third kappa shape index (κ3) is 5.05. The lowest BCUT2D eigenvalue weighted by Crippen LogP contribution is -2.30. The molecule has 0 bridgehead atoms. The molecule has 0 aliphatic heterocycles. The SMILES string of the molecule is CC(C)(C#N)CCN(c1ccc(-c2cc(NC(=O)C3CC3)nc3[nH]ccc23)cc1F)S(=O)O. The zero-order valence-corrected chi connectivity index (χ0v) is 19.1. The number of rotatable bonds is 8. The maximum absolute atomic E-state index is 15.2. The summed E-state index contributed by atoms with van der Waals surface area (Å²) in [6.07, 6.45) is 3.73. The molecular formula is C23H24FN5O3S. The van der Waals surface area contributed by atoms with Crippen LogP contribution < -0.4 is 9.62 Å². The molecule has 172 valence electrons. The van der Waals surface area contributed by atoms with Crippen molar-refractivity contribution in [1.82, 2.24) is 9.97 Å². The summed E-state index contributed by atoms with van der Waals surface area (Å²) in [6, 6.07) is 10.0. The van der Waals surface area contributed by atoms with Gasteiger partial charge in [-0.2, -0.15) is 5.26 Å². The molecule has 10 heteroatoms. The molecule has 4 rings (SSSR count). The second-order valence-electron chi connectivity index (χ2n) is 8.80. The summed E-state index contributed by atoms with van der Waals surface area (Å²) in [4.78, 5) is 19.6. The molecule has 2 heterocycles. The minimum Gasteiger partial charge on any atom is -0.346 e. The van der Waals surface area contributed by atoms with Crippen molar-refractivity contribution in [2.45, 2.75) is 33.1 Å². The number of aromatic nitrogens is 2.